The van der Waals surface area contributed by atoms with E-state index in [4.69, 9.17) is 5.11 Å². The number of aliphatic hydroxyl groups is 1. The average molecular weight is 526 g/mol. The van der Waals surface area contributed by atoms with Crippen LogP contribution in [0, 0.1) is 0 Å². The lowest BCUT2D eigenvalue weighted by Crippen LogP contribution is -2.50. The van der Waals surface area contributed by atoms with E-state index < -0.39 is 6.29 Å². The Bertz CT molecular complexity index is 398. The van der Waals surface area contributed by atoms with E-state index in [2.05, 4.69) is 46.8 Å². The van der Waals surface area contributed by atoms with Crippen LogP contribution in [-0.4, -0.2) is 42.1 Å². The second-order valence-corrected chi connectivity index (χ2v) is 11.5. The summed E-state index contributed by atoms with van der Waals surface area (Å²) < 4.78 is 1.42. The predicted molar refractivity (Wildman–Crippen MR) is 165 cm³/mol. The van der Waals surface area contributed by atoms with Crippen LogP contribution in [0.2, 0.25) is 0 Å². The minimum absolute atomic E-state index is 0.415. The molecule has 3 heteroatoms. The third-order valence-corrected chi connectivity index (χ3v) is 7.66. The zero-order chi connectivity index (χ0) is 27.9. The second-order valence-electron chi connectivity index (χ2n) is 11.5. The maximum absolute atomic E-state index is 10.4. The van der Waals surface area contributed by atoms with E-state index in [0.717, 1.165) is 12.8 Å². The van der Waals surface area contributed by atoms with Gasteiger partial charge < -0.3 is 14.7 Å². The first-order valence-electron chi connectivity index (χ1n) is 16.9. The lowest BCUT2D eigenvalue weighted by molar-refractivity contribution is -0.929. The molecule has 0 aromatic heterocycles. The van der Waals surface area contributed by atoms with Crippen LogP contribution in [0.4, 0.5) is 0 Å². The van der Waals surface area contributed by atoms with Gasteiger partial charge in [-0.2, -0.15) is 0 Å². The maximum Gasteiger partial charge on any atom is 0.0786 e. The molecule has 0 spiro atoms. The van der Waals surface area contributed by atoms with E-state index in [1.165, 1.54) is 153 Å². The molecule has 3 nitrogen and oxygen atoms in total. The van der Waals surface area contributed by atoms with Gasteiger partial charge in [0.2, 0.25) is 0 Å². The van der Waals surface area contributed by atoms with E-state index in [-0.39, 0.29) is 0 Å². The highest BCUT2D eigenvalue weighted by Gasteiger charge is 2.24. The van der Waals surface area contributed by atoms with Gasteiger partial charge in [0, 0.05) is 0 Å². The summed E-state index contributed by atoms with van der Waals surface area (Å²) in [6, 6.07) is 0. The summed E-state index contributed by atoms with van der Waals surface area (Å²) in [5.41, 5.74) is 0. The van der Waals surface area contributed by atoms with E-state index in [1.54, 1.807) is 0 Å². The van der Waals surface area contributed by atoms with E-state index in [0.29, 0.717) is 6.42 Å². The second kappa shape index (κ2) is 31.8. The molecular weight excluding hydrogens is 454 g/mol. The van der Waals surface area contributed by atoms with Crippen LogP contribution in [0.5, 0.6) is 0 Å². The third-order valence-electron chi connectivity index (χ3n) is 7.66. The van der Waals surface area contributed by atoms with Gasteiger partial charge in [0.25, 0.3) is 0 Å². The number of aliphatic hydroxyl groups excluding tert-OH is 1. The molecular formula is C34H71NO2. The summed E-state index contributed by atoms with van der Waals surface area (Å²) in [4.78, 5) is 0. The average Bonchev–Trinajstić information content (AvgIpc) is 2.90. The molecule has 0 saturated heterocycles. The van der Waals surface area contributed by atoms with Crippen molar-refractivity contribution >= 4 is 0 Å². The van der Waals surface area contributed by atoms with Crippen molar-refractivity contribution in [3.8, 4) is 0 Å². The summed E-state index contributed by atoms with van der Waals surface area (Å²) in [5.74, 6) is 0. The first-order chi connectivity index (χ1) is 18.0. The Kier molecular flexibility index (Phi) is 33.4. The maximum atomic E-state index is 10.4. The highest BCUT2D eigenvalue weighted by atomic mass is 16.5. The highest BCUT2D eigenvalue weighted by molar-refractivity contribution is 4.81. The SMILES string of the molecule is CCCCCCCC/C=C/CCCCCCCC([O-])O.CCCC[N+](CCCC)(CCCC)CCCC. The molecule has 1 N–H and O–H groups in total. The first-order valence-corrected chi connectivity index (χ1v) is 16.9. The van der Waals surface area contributed by atoms with Gasteiger partial charge in [-0.1, -0.05) is 130 Å². The molecule has 0 saturated carbocycles. The number of unbranched alkanes of at least 4 members (excludes halogenated alkanes) is 15. The molecule has 0 fully saturated rings. The molecule has 0 aliphatic carbocycles. The lowest BCUT2D eigenvalue weighted by atomic mass is 10.1. The molecule has 0 aliphatic rings. The van der Waals surface area contributed by atoms with Gasteiger partial charge in [0.1, 0.15) is 0 Å². The molecule has 1 unspecified atom stereocenters. The lowest BCUT2D eigenvalue weighted by Gasteiger charge is -2.39. The molecule has 0 heterocycles. The molecule has 0 rings (SSSR count). The highest BCUT2D eigenvalue weighted by Crippen LogP contribution is 2.16. The number of allylic oxidation sites excluding steroid dienone is 2. The molecule has 1 atom stereocenters. The molecule has 0 aromatic rings. The van der Waals surface area contributed by atoms with Crippen molar-refractivity contribution in [2.45, 2.75) is 182 Å². The zero-order valence-electron chi connectivity index (χ0n) is 26.4. The first kappa shape index (κ1) is 38.8. The van der Waals surface area contributed by atoms with Gasteiger partial charge in [-0.3, -0.25) is 0 Å². The van der Waals surface area contributed by atoms with Crippen molar-refractivity contribution in [2.24, 2.45) is 0 Å². The number of hydrogen-bond acceptors (Lipinski definition) is 2. The monoisotopic (exact) mass is 526 g/mol. The minimum atomic E-state index is -1.36. The van der Waals surface area contributed by atoms with E-state index >= 15 is 0 Å². The van der Waals surface area contributed by atoms with Crippen LogP contribution in [0.1, 0.15) is 176 Å². The third kappa shape index (κ3) is 30.0. The molecule has 37 heavy (non-hydrogen) atoms. The van der Waals surface area contributed by atoms with Crippen LogP contribution in [0.15, 0.2) is 12.2 Å². The van der Waals surface area contributed by atoms with Crippen LogP contribution in [0.25, 0.3) is 0 Å². The largest absolute Gasteiger partial charge is 0.831 e. The molecule has 0 bridgehead atoms. The quantitative estimate of drug-likeness (QED) is 0.0502. The summed E-state index contributed by atoms with van der Waals surface area (Å²) >= 11 is 0. The smallest absolute Gasteiger partial charge is 0.0786 e. The Labute approximate surface area is 235 Å². The summed E-state index contributed by atoms with van der Waals surface area (Å²) in [5, 5.41) is 19.0. The molecule has 0 aromatic carbocycles. The summed E-state index contributed by atoms with van der Waals surface area (Å²) in [6.07, 6.45) is 31.1. The summed E-state index contributed by atoms with van der Waals surface area (Å²) in [6.45, 7) is 17.3. The molecule has 0 amide bonds. The Balaban J connectivity index is 0. The van der Waals surface area contributed by atoms with Crippen molar-refractivity contribution < 1.29 is 14.7 Å². The fraction of sp³-hybridized carbons (Fsp3) is 0.941. The topological polar surface area (TPSA) is 43.3 Å². The van der Waals surface area contributed by atoms with Gasteiger partial charge in [-0.15, -0.1) is 0 Å². The van der Waals surface area contributed by atoms with Gasteiger partial charge in [-0.05, 0) is 64.1 Å². The van der Waals surface area contributed by atoms with Crippen molar-refractivity contribution in [2.75, 3.05) is 26.2 Å². The Morgan fingerprint density at radius 1 is 0.486 bits per heavy atom. The normalized spacial score (nSPS) is 12.6. The number of quaternary nitrogens is 1. The molecule has 0 aliphatic heterocycles. The molecule has 224 valence electrons. The van der Waals surface area contributed by atoms with Crippen molar-refractivity contribution in [3.63, 3.8) is 0 Å². The Morgan fingerprint density at radius 3 is 1.16 bits per heavy atom. The van der Waals surface area contributed by atoms with Crippen molar-refractivity contribution in [3.05, 3.63) is 12.2 Å². The Hall–Kier alpha value is -0.380. The fourth-order valence-electron chi connectivity index (χ4n) is 5.03. The van der Waals surface area contributed by atoms with Crippen LogP contribution in [0.3, 0.4) is 0 Å². The van der Waals surface area contributed by atoms with Crippen LogP contribution < -0.4 is 5.11 Å². The number of hydrogen-bond donors (Lipinski definition) is 1. The standard InChI is InChI=1S/C18H35O2.C16H36N/c1-2-3-4-5-6-7-8-9-10-11-12-13-14-15-16-17-18(19)20;1-5-9-13-17(14-10-6-2,15-11-7-3)16-12-8-4/h9-10,18-19H,2-8,11-17H2,1H3;5-16H2,1-4H3/q-1;+1/b10-9+;. The number of rotatable bonds is 27. The zero-order valence-corrected chi connectivity index (χ0v) is 26.4. The minimum Gasteiger partial charge on any atom is -0.831 e. The van der Waals surface area contributed by atoms with E-state index in [9.17, 15) is 5.11 Å². The summed E-state index contributed by atoms with van der Waals surface area (Å²) in [7, 11) is 0. The van der Waals surface area contributed by atoms with Gasteiger partial charge in [-0.25, -0.2) is 0 Å². The van der Waals surface area contributed by atoms with Gasteiger partial charge in [0.05, 0.1) is 26.2 Å². The van der Waals surface area contributed by atoms with Crippen LogP contribution in [-0.2, 0) is 0 Å². The Morgan fingerprint density at radius 2 is 0.811 bits per heavy atom. The number of nitrogens with zero attached hydrogens (tertiary/aromatic N) is 1. The predicted octanol–water partition coefficient (Wildman–Crippen LogP) is 9.71. The van der Waals surface area contributed by atoms with Crippen molar-refractivity contribution in [1.82, 2.24) is 0 Å². The fourth-order valence-corrected chi connectivity index (χ4v) is 5.03. The van der Waals surface area contributed by atoms with Gasteiger partial charge in [0.15, 0.2) is 0 Å². The van der Waals surface area contributed by atoms with Gasteiger partial charge >= 0.3 is 0 Å². The van der Waals surface area contributed by atoms with Crippen molar-refractivity contribution in [1.29, 1.82) is 0 Å². The van der Waals surface area contributed by atoms with E-state index in [1.807, 2.05) is 0 Å². The van der Waals surface area contributed by atoms with Crippen LogP contribution >= 0.6 is 0 Å². The molecule has 0 radical (unpaired) electrons.